The minimum Gasteiger partial charge on any atom is -0.493 e. The van der Waals surface area contributed by atoms with E-state index in [1.54, 1.807) is 13.2 Å². The summed E-state index contributed by atoms with van der Waals surface area (Å²) in [6.07, 6.45) is 0.831. The van der Waals surface area contributed by atoms with Crippen LogP contribution < -0.4 is 19.5 Å². The lowest BCUT2D eigenvalue weighted by Crippen LogP contribution is -2.16. The van der Waals surface area contributed by atoms with Crippen molar-refractivity contribution in [2.75, 3.05) is 20.4 Å². The first-order valence-electron chi connectivity index (χ1n) is 7.28. The van der Waals surface area contributed by atoms with E-state index < -0.39 is 0 Å². The van der Waals surface area contributed by atoms with E-state index >= 15 is 0 Å². The molecule has 6 heteroatoms. The predicted molar refractivity (Wildman–Crippen MR) is 91.0 cm³/mol. The van der Waals surface area contributed by atoms with Gasteiger partial charge in [0.1, 0.15) is 0 Å². The third kappa shape index (κ3) is 3.83. The molecule has 3 rings (SSSR count). The van der Waals surface area contributed by atoms with Crippen molar-refractivity contribution in [3.63, 3.8) is 0 Å². The van der Waals surface area contributed by atoms with E-state index in [0.717, 1.165) is 29.8 Å². The van der Waals surface area contributed by atoms with Gasteiger partial charge in [0.05, 0.1) is 7.11 Å². The molecular formula is C17H17Cl2NO3. The molecule has 1 aliphatic heterocycles. The highest BCUT2D eigenvalue weighted by Crippen LogP contribution is 2.41. The van der Waals surface area contributed by atoms with Gasteiger partial charge in [-0.3, -0.25) is 0 Å². The van der Waals surface area contributed by atoms with Crippen LogP contribution in [0.4, 0.5) is 0 Å². The lowest BCUT2D eigenvalue weighted by molar-refractivity contribution is 0.171. The van der Waals surface area contributed by atoms with Crippen LogP contribution in [-0.4, -0.2) is 20.4 Å². The fraction of sp³-hybridized carbons (Fsp3) is 0.294. The van der Waals surface area contributed by atoms with Crippen molar-refractivity contribution in [2.24, 2.45) is 0 Å². The summed E-state index contributed by atoms with van der Waals surface area (Å²) in [7, 11) is 1.62. The van der Waals surface area contributed by atoms with Crippen molar-refractivity contribution < 1.29 is 14.2 Å². The van der Waals surface area contributed by atoms with Crippen molar-refractivity contribution >= 4 is 23.2 Å². The Balaban J connectivity index is 1.57. The zero-order chi connectivity index (χ0) is 16.2. The van der Waals surface area contributed by atoms with Crippen molar-refractivity contribution in [2.45, 2.75) is 13.0 Å². The Labute approximate surface area is 145 Å². The highest BCUT2D eigenvalue weighted by molar-refractivity contribution is 6.35. The molecule has 2 aromatic rings. The fourth-order valence-corrected chi connectivity index (χ4v) is 2.97. The van der Waals surface area contributed by atoms with E-state index in [9.17, 15) is 0 Å². The monoisotopic (exact) mass is 353 g/mol. The topological polar surface area (TPSA) is 39.7 Å². The molecule has 0 unspecified atom stereocenters. The Morgan fingerprint density at radius 2 is 2.04 bits per heavy atom. The molecule has 0 aromatic heterocycles. The number of benzene rings is 2. The van der Waals surface area contributed by atoms with Crippen molar-refractivity contribution in [1.82, 2.24) is 5.32 Å². The molecular weight excluding hydrogens is 337 g/mol. The van der Waals surface area contributed by atoms with Gasteiger partial charge >= 0.3 is 0 Å². The lowest BCUT2D eigenvalue weighted by Gasteiger charge is -2.10. The highest BCUT2D eigenvalue weighted by atomic mass is 35.5. The van der Waals surface area contributed by atoms with Crippen LogP contribution in [0, 0.1) is 0 Å². The molecule has 0 fully saturated rings. The van der Waals surface area contributed by atoms with Gasteiger partial charge in [0.2, 0.25) is 12.5 Å². The maximum Gasteiger partial charge on any atom is 0.231 e. The number of hydrogen-bond acceptors (Lipinski definition) is 4. The van der Waals surface area contributed by atoms with E-state index in [2.05, 4.69) is 5.32 Å². The third-order valence-corrected chi connectivity index (χ3v) is 4.22. The van der Waals surface area contributed by atoms with E-state index in [-0.39, 0.29) is 6.79 Å². The largest absolute Gasteiger partial charge is 0.493 e. The normalized spacial score (nSPS) is 12.5. The van der Waals surface area contributed by atoms with E-state index in [4.69, 9.17) is 37.4 Å². The van der Waals surface area contributed by atoms with Crippen LogP contribution in [0.2, 0.25) is 10.0 Å². The van der Waals surface area contributed by atoms with E-state index in [0.29, 0.717) is 28.1 Å². The highest BCUT2D eigenvalue weighted by Gasteiger charge is 2.19. The number of rotatable bonds is 6. The van der Waals surface area contributed by atoms with Gasteiger partial charge in [-0.05, 0) is 48.4 Å². The number of methoxy groups -OCH3 is 1. The van der Waals surface area contributed by atoms with Crippen LogP contribution in [0.1, 0.15) is 11.1 Å². The summed E-state index contributed by atoms with van der Waals surface area (Å²) < 4.78 is 16.2. The Hall–Kier alpha value is -1.62. The van der Waals surface area contributed by atoms with Crippen molar-refractivity contribution in [3.8, 4) is 17.2 Å². The summed E-state index contributed by atoms with van der Waals surface area (Å²) >= 11 is 12.1. The number of fused-ring (bicyclic) bond motifs is 1. The van der Waals surface area contributed by atoms with Crippen LogP contribution in [-0.2, 0) is 13.0 Å². The minimum atomic E-state index is 0.234. The van der Waals surface area contributed by atoms with Gasteiger partial charge in [0.15, 0.2) is 11.5 Å². The van der Waals surface area contributed by atoms with Crippen LogP contribution in [0.5, 0.6) is 17.2 Å². The smallest absolute Gasteiger partial charge is 0.231 e. The van der Waals surface area contributed by atoms with Crippen LogP contribution >= 0.6 is 23.2 Å². The Bertz CT molecular complexity index is 706. The zero-order valence-electron chi connectivity index (χ0n) is 12.7. The van der Waals surface area contributed by atoms with Crippen LogP contribution in [0.3, 0.4) is 0 Å². The molecule has 122 valence electrons. The quantitative estimate of drug-likeness (QED) is 0.794. The second-order valence-electron chi connectivity index (χ2n) is 5.19. The summed E-state index contributed by atoms with van der Waals surface area (Å²) in [5.41, 5.74) is 2.15. The van der Waals surface area contributed by atoms with Gasteiger partial charge < -0.3 is 19.5 Å². The Morgan fingerprint density at radius 1 is 1.17 bits per heavy atom. The van der Waals surface area contributed by atoms with Crippen molar-refractivity contribution in [3.05, 3.63) is 51.5 Å². The number of ether oxygens (including phenoxy) is 3. The molecule has 0 saturated carbocycles. The van der Waals surface area contributed by atoms with Gasteiger partial charge in [-0.1, -0.05) is 29.3 Å². The van der Waals surface area contributed by atoms with Gasteiger partial charge in [0, 0.05) is 16.6 Å². The first-order chi connectivity index (χ1) is 11.2. The first-order valence-corrected chi connectivity index (χ1v) is 8.04. The van der Waals surface area contributed by atoms with Crippen LogP contribution in [0.15, 0.2) is 30.3 Å². The number of nitrogens with one attached hydrogen (secondary N) is 1. The molecule has 23 heavy (non-hydrogen) atoms. The second kappa shape index (κ2) is 7.30. The molecule has 1 N–H and O–H groups in total. The average Bonchev–Trinajstić information content (AvgIpc) is 3.01. The molecule has 0 bridgehead atoms. The summed E-state index contributed by atoms with van der Waals surface area (Å²) in [5.74, 6) is 2.09. The van der Waals surface area contributed by atoms with E-state index in [1.807, 2.05) is 24.3 Å². The maximum atomic E-state index is 6.17. The summed E-state index contributed by atoms with van der Waals surface area (Å²) in [6, 6.07) is 9.49. The van der Waals surface area contributed by atoms with Gasteiger partial charge in [-0.25, -0.2) is 0 Å². The number of halogens is 2. The SMILES string of the molecule is COc1cc(CNCCc2ccc(Cl)cc2Cl)cc2c1OCO2. The molecule has 1 aliphatic rings. The molecule has 0 spiro atoms. The van der Waals surface area contributed by atoms with Gasteiger partial charge in [0.25, 0.3) is 0 Å². The average molecular weight is 354 g/mol. The molecule has 0 saturated heterocycles. The van der Waals surface area contributed by atoms with E-state index in [1.165, 1.54) is 0 Å². The predicted octanol–water partition coefficient (Wildman–Crippen LogP) is 4.06. The Kier molecular flexibility index (Phi) is 5.16. The Morgan fingerprint density at radius 3 is 2.83 bits per heavy atom. The maximum absolute atomic E-state index is 6.17. The first kappa shape index (κ1) is 16.2. The second-order valence-corrected chi connectivity index (χ2v) is 6.04. The lowest BCUT2D eigenvalue weighted by atomic mass is 10.1. The van der Waals surface area contributed by atoms with Crippen molar-refractivity contribution in [1.29, 1.82) is 0 Å². The van der Waals surface area contributed by atoms with Crippen LogP contribution in [0.25, 0.3) is 0 Å². The molecule has 0 radical (unpaired) electrons. The molecule has 2 aromatic carbocycles. The molecule has 0 aliphatic carbocycles. The summed E-state index contributed by atoms with van der Waals surface area (Å²) in [5, 5.41) is 4.74. The standard InChI is InChI=1S/C17H17Cl2NO3/c1-21-15-6-11(7-16-17(15)23-10-22-16)9-20-5-4-12-2-3-13(18)8-14(12)19/h2-3,6-8,20H,4-5,9-10H2,1H3. The summed E-state index contributed by atoms with van der Waals surface area (Å²) in [4.78, 5) is 0. The zero-order valence-corrected chi connectivity index (χ0v) is 14.2. The third-order valence-electron chi connectivity index (χ3n) is 3.63. The van der Waals surface area contributed by atoms with Gasteiger partial charge in [-0.2, -0.15) is 0 Å². The number of hydrogen-bond donors (Lipinski definition) is 1. The molecule has 0 atom stereocenters. The fourth-order valence-electron chi connectivity index (χ4n) is 2.47. The van der Waals surface area contributed by atoms with Gasteiger partial charge in [-0.15, -0.1) is 0 Å². The minimum absolute atomic E-state index is 0.234. The summed E-state index contributed by atoms with van der Waals surface area (Å²) in [6.45, 7) is 1.74. The molecule has 0 amide bonds. The molecule has 1 heterocycles. The molecule has 4 nitrogen and oxygen atoms in total.